The van der Waals surface area contributed by atoms with E-state index in [1.807, 2.05) is 10.2 Å². The van der Waals surface area contributed by atoms with Crippen molar-refractivity contribution in [3.05, 3.63) is 41.7 Å². The normalized spacial score (nSPS) is 18.2. The molecule has 2 aromatic rings. The molecule has 4 rings (SSSR count). The maximum atomic E-state index is 13.9. The Morgan fingerprint density at radius 2 is 2.00 bits per heavy atom. The van der Waals surface area contributed by atoms with Gasteiger partial charge >= 0.3 is 12.2 Å². The molecule has 0 aliphatic carbocycles. The molecule has 3 amide bonds. The molecule has 0 radical (unpaired) electrons. The third-order valence-corrected chi connectivity index (χ3v) is 5.28. The van der Waals surface area contributed by atoms with Gasteiger partial charge in [0.15, 0.2) is 17.5 Å². The van der Waals surface area contributed by atoms with E-state index in [9.17, 15) is 31.5 Å². The van der Waals surface area contributed by atoms with Gasteiger partial charge in [0.05, 0.1) is 17.9 Å². The number of nitrogens with one attached hydrogen (secondary N) is 2. The zero-order valence-electron chi connectivity index (χ0n) is 16.6. The van der Waals surface area contributed by atoms with Crippen molar-refractivity contribution >= 4 is 29.3 Å². The third kappa shape index (κ3) is 4.01. The van der Waals surface area contributed by atoms with E-state index in [4.69, 9.17) is 0 Å². The molecule has 0 aromatic carbocycles. The molecule has 2 N–H and O–H groups in total. The number of anilines is 3. The number of hydrogen-bond donors (Lipinski definition) is 2. The fourth-order valence-corrected chi connectivity index (χ4v) is 3.62. The molecule has 13 heteroatoms. The number of rotatable bonds is 3. The zero-order chi connectivity index (χ0) is 23.2. The maximum absolute atomic E-state index is 13.9. The number of aromatic nitrogens is 2. The van der Waals surface area contributed by atoms with E-state index in [1.165, 1.54) is 17.0 Å². The highest BCUT2D eigenvalue weighted by Gasteiger charge is 2.41. The number of hydrogen-bond acceptors (Lipinski definition) is 5. The molecule has 2 bridgehead atoms. The van der Waals surface area contributed by atoms with Crippen LogP contribution in [0.2, 0.25) is 0 Å². The average Bonchev–Trinajstić information content (AvgIpc) is 3.13. The molecular formula is C19H17F5N6O2. The summed E-state index contributed by atoms with van der Waals surface area (Å²) < 4.78 is 65.4. The average molecular weight is 456 g/mol. The molecule has 8 nitrogen and oxygen atoms in total. The van der Waals surface area contributed by atoms with Gasteiger partial charge in [0.25, 0.3) is 5.91 Å². The van der Waals surface area contributed by atoms with E-state index in [2.05, 4.69) is 15.3 Å². The molecule has 0 saturated carbocycles. The molecular weight excluding hydrogens is 439 g/mol. The molecule has 4 heterocycles. The van der Waals surface area contributed by atoms with Gasteiger partial charge in [-0.15, -0.1) is 0 Å². The smallest absolute Gasteiger partial charge is 0.366 e. The van der Waals surface area contributed by atoms with Crippen LogP contribution >= 0.6 is 0 Å². The monoisotopic (exact) mass is 456 g/mol. The van der Waals surface area contributed by atoms with Crippen molar-refractivity contribution in [1.29, 1.82) is 0 Å². The Morgan fingerprint density at radius 3 is 2.69 bits per heavy atom. The van der Waals surface area contributed by atoms with Crippen molar-refractivity contribution < 1.29 is 31.5 Å². The summed E-state index contributed by atoms with van der Waals surface area (Å²) in [6.07, 6.45) is -3.34. The SMILES string of the molecule is C[C@@H](NC(=O)c1ccc2c(n1)N(C(=O)Nc1ncc(F)cc1F)C1CCN2C1)C(F)(F)F. The van der Waals surface area contributed by atoms with Gasteiger partial charge in [-0.1, -0.05) is 0 Å². The predicted octanol–water partition coefficient (Wildman–Crippen LogP) is 3.07. The minimum atomic E-state index is -4.63. The lowest BCUT2D eigenvalue weighted by Gasteiger charge is -2.35. The summed E-state index contributed by atoms with van der Waals surface area (Å²) in [6, 6.07) is 0.0449. The summed E-state index contributed by atoms with van der Waals surface area (Å²) in [5, 5.41) is 4.08. The summed E-state index contributed by atoms with van der Waals surface area (Å²) in [4.78, 5) is 36.1. The van der Waals surface area contributed by atoms with Crippen molar-refractivity contribution in [2.75, 3.05) is 28.2 Å². The molecule has 2 aliphatic heterocycles. The molecule has 32 heavy (non-hydrogen) atoms. The second-order valence-electron chi connectivity index (χ2n) is 7.45. The van der Waals surface area contributed by atoms with Gasteiger partial charge < -0.3 is 10.2 Å². The number of pyridine rings is 2. The van der Waals surface area contributed by atoms with E-state index in [0.717, 1.165) is 13.1 Å². The van der Waals surface area contributed by atoms with Crippen LogP contribution in [-0.4, -0.2) is 53.3 Å². The maximum Gasteiger partial charge on any atom is 0.408 e. The Morgan fingerprint density at radius 1 is 1.25 bits per heavy atom. The van der Waals surface area contributed by atoms with Crippen LogP contribution in [0.25, 0.3) is 0 Å². The molecule has 2 aromatic heterocycles. The van der Waals surface area contributed by atoms with E-state index < -0.39 is 41.6 Å². The summed E-state index contributed by atoms with van der Waals surface area (Å²) in [5.41, 5.74) is 0.188. The largest absolute Gasteiger partial charge is 0.408 e. The molecule has 2 atom stereocenters. The Hall–Kier alpha value is -3.51. The molecule has 1 saturated heterocycles. The van der Waals surface area contributed by atoms with Crippen molar-refractivity contribution in [1.82, 2.24) is 15.3 Å². The van der Waals surface area contributed by atoms with Crippen LogP contribution in [0.5, 0.6) is 0 Å². The number of carbonyl (C=O) groups excluding carboxylic acids is 2. The minimum Gasteiger partial charge on any atom is -0.366 e. The summed E-state index contributed by atoms with van der Waals surface area (Å²) in [5.74, 6) is -3.50. The van der Waals surface area contributed by atoms with E-state index in [0.29, 0.717) is 31.3 Å². The van der Waals surface area contributed by atoms with E-state index in [1.54, 1.807) is 0 Å². The number of carbonyl (C=O) groups is 2. The first-order valence-electron chi connectivity index (χ1n) is 9.59. The van der Waals surface area contributed by atoms with Crippen LogP contribution < -0.4 is 20.4 Å². The first-order valence-corrected chi connectivity index (χ1v) is 9.59. The van der Waals surface area contributed by atoms with Crippen LogP contribution in [-0.2, 0) is 0 Å². The van der Waals surface area contributed by atoms with Crippen LogP contribution in [0.4, 0.5) is 44.1 Å². The van der Waals surface area contributed by atoms with Gasteiger partial charge in [-0.2, -0.15) is 13.2 Å². The van der Waals surface area contributed by atoms with E-state index in [-0.39, 0.29) is 17.6 Å². The Labute approximate surface area is 178 Å². The summed E-state index contributed by atoms with van der Waals surface area (Å²) >= 11 is 0. The Bertz CT molecular complexity index is 1080. The molecule has 1 fully saturated rings. The summed E-state index contributed by atoms with van der Waals surface area (Å²) in [7, 11) is 0. The lowest BCUT2D eigenvalue weighted by Crippen LogP contribution is -2.49. The number of fused-ring (bicyclic) bond motifs is 4. The Kier molecular flexibility index (Phi) is 5.34. The topological polar surface area (TPSA) is 90.5 Å². The van der Waals surface area contributed by atoms with Crippen molar-refractivity contribution in [2.45, 2.75) is 31.6 Å². The van der Waals surface area contributed by atoms with Crippen LogP contribution in [0.15, 0.2) is 24.4 Å². The highest BCUT2D eigenvalue weighted by Crippen LogP contribution is 2.39. The molecule has 2 aliphatic rings. The zero-order valence-corrected chi connectivity index (χ0v) is 16.6. The second kappa shape index (κ2) is 7.88. The number of alkyl halides is 3. The standard InChI is InChI=1S/C19H17F5N6O2/c1-9(19(22,23)24)26-17(31)13-2-3-14-16(27-13)30(11-4-5-29(14)8-11)18(32)28-15-12(21)6-10(20)7-25-15/h2-3,6-7,9,11H,4-5,8H2,1H3,(H,26,31)(H,25,28,32)/t9-,11?/m1/s1. The minimum absolute atomic E-state index is 0.0473. The van der Waals surface area contributed by atoms with Gasteiger partial charge in [-0.05, 0) is 25.5 Å². The van der Waals surface area contributed by atoms with Gasteiger partial charge in [0.2, 0.25) is 0 Å². The summed E-state index contributed by atoms with van der Waals surface area (Å²) in [6.45, 7) is 1.84. The number of halogens is 5. The van der Waals surface area contributed by atoms with Crippen LogP contribution in [0, 0.1) is 11.6 Å². The van der Waals surface area contributed by atoms with Gasteiger partial charge in [0.1, 0.15) is 17.6 Å². The van der Waals surface area contributed by atoms with Crippen LogP contribution in [0.1, 0.15) is 23.8 Å². The van der Waals surface area contributed by atoms with Gasteiger partial charge in [-0.25, -0.2) is 23.5 Å². The predicted molar refractivity (Wildman–Crippen MR) is 103 cm³/mol. The first-order chi connectivity index (χ1) is 15.0. The van der Waals surface area contributed by atoms with Crippen molar-refractivity contribution in [3.8, 4) is 0 Å². The number of urea groups is 1. The van der Waals surface area contributed by atoms with Gasteiger partial charge in [0, 0.05) is 19.2 Å². The van der Waals surface area contributed by atoms with Gasteiger partial charge in [-0.3, -0.25) is 15.0 Å². The highest BCUT2D eigenvalue weighted by atomic mass is 19.4. The second-order valence-corrected chi connectivity index (χ2v) is 7.45. The lowest BCUT2D eigenvalue weighted by atomic mass is 10.1. The van der Waals surface area contributed by atoms with E-state index >= 15 is 0 Å². The lowest BCUT2D eigenvalue weighted by molar-refractivity contribution is -0.149. The van der Waals surface area contributed by atoms with Crippen molar-refractivity contribution in [3.63, 3.8) is 0 Å². The molecule has 1 unspecified atom stereocenters. The fourth-order valence-electron chi connectivity index (χ4n) is 3.62. The number of nitrogens with zero attached hydrogens (tertiary/aromatic N) is 4. The Balaban J connectivity index is 1.63. The molecule has 170 valence electrons. The van der Waals surface area contributed by atoms with Crippen molar-refractivity contribution in [2.24, 2.45) is 0 Å². The highest BCUT2D eigenvalue weighted by molar-refractivity contribution is 6.05. The van der Waals surface area contributed by atoms with Crippen LogP contribution in [0.3, 0.4) is 0 Å². The fraction of sp³-hybridized carbons (Fsp3) is 0.368. The third-order valence-electron chi connectivity index (χ3n) is 5.28. The quantitative estimate of drug-likeness (QED) is 0.693. The number of amides is 3. The molecule has 0 spiro atoms. The first kappa shape index (κ1) is 21.7.